The molecule has 1 aromatic heterocycles. The Hall–Kier alpha value is -2.72. The van der Waals surface area contributed by atoms with Gasteiger partial charge in [0.15, 0.2) is 17.3 Å². The van der Waals surface area contributed by atoms with Crippen molar-refractivity contribution in [2.45, 2.75) is 6.61 Å². The molecule has 0 bridgehead atoms. The summed E-state index contributed by atoms with van der Waals surface area (Å²) in [6, 6.07) is 13.9. The molecule has 0 amide bonds. The van der Waals surface area contributed by atoms with Crippen LogP contribution in [0.4, 0.5) is 4.39 Å². The molecule has 0 fully saturated rings. The van der Waals surface area contributed by atoms with Gasteiger partial charge in [-0.3, -0.25) is 0 Å². The zero-order valence-corrected chi connectivity index (χ0v) is 13.3. The second kappa shape index (κ2) is 6.58. The molecule has 0 aliphatic heterocycles. The summed E-state index contributed by atoms with van der Waals surface area (Å²) in [6.45, 7) is 0.201. The summed E-state index contributed by atoms with van der Waals surface area (Å²) in [6.07, 6.45) is 0. The Morgan fingerprint density at radius 3 is 2.87 bits per heavy atom. The number of halogens is 2. The maximum atomic E-state index is 13.7. The molecule has 7 heteroatoms. The second-order valence-corrected chi connectivity index (χ2v) is 5.61. The van der Waals surface area contributed by atoms with Crippen molar-refractivity contribution in [2.75, 3.05) is 0 Å². The molecule has 0 aliphatic rings. The van der Waals surface area contributed by atoms with Crippen molar-refractivity contribution in [3.63, 3.8) is 0 Å². The highest BCUT2D eigenvalue weighted by Crippen LogP contribution is 2.24. The number of hydrogen-bond donors (Lipinski definition) is 1. The molecule has 0 spiro atoms. The number of benzene rings is 2. The van der Waals surface area contributed by atoms with Gasteiger partial charge < -0.3 is 4.74 Å². The van der Waals surface area contributed by atoms with Crippen LogP contribution >= 0.6 is 15.9 Å². The third kappa shape index (κ3) is 3.38. The maximum absolute atomic E-state index is 13.7. The van der Waals surface area contributed by atoms with E-state index in [4.69, 9.17) is 10.00 Å². The zero-order chi connectivity index (χ0) is 16.2. The highest BCUT2D eigenvalue weighted by atomic mass is 79.9. The molecule has 1 N–H and O–H groups in total. The van der Waals surface area contributed by atoms with Crippen molar-refractivity contribution >= 4 is 15.9 Å². The first-order chi connectivity index (χ1) is 11.2. The maximum Gasteiger partial charge on any atom is 0.190 e. The summed E-state index contributed by atoms with van der Waals surface area (Å²) in [5, 5.41) is 19.2. The number of rotatable bonds is 4. The van der Waals surface area contributed by atoms with Gasteiger partial charge in [-0.25, -0.2) is 4.39 Å². The number of nitrogens with one attached hydrogen (secondary N) is 1. The third-order valence-corrected chi connectivity index (χ3v) is 3.64. The SMILES string of the molecule is N#Cc1n[nH]nc1-c1cccc(COc2ccc(Br)cc2F)c1. The van der Waals surface area contributed by atoms with E-state index < -0.39 is 5.82 Å². The van der Waals surface area contributed by atoms with Gasteiger partial charge in [0.05, 0.1) is 0 Å². The fourth-order valence-corrected chi connectivity index (χ4v) is 2.41. The standard InChI is InChI=1S/C16H10BrFN4O/c17-12-4-5-15(13(18)7-12)23-9-10-2-1-3-11(6-10)16-14(8-19)20-22-21-16/h1-7H,9H2,(H,20,21,22). The quantitative estimate of drug-likeness (QED) is 0.755. The Morgan fingerprint density at radius 2 is 2.09 bits per heavy atom. The van der Waals surface area contributed by atoms with Crippen molar-refractivity contribution in [3.05, 3.63) is 64.0 Å². The van der Waals surface area contributed by atoms with Gasteiger partial charge in [0, 0.05) is 10.0 Å². The van der Waals surface area contributed by atoms with Gasteiger partial charge in [0.1, 0.15) is 18.4 Å². The second-order valence-electron chi connectivity index (χ2n) is 4.70. The fraction of sp³-hybridized carbons (Fsp3) is 0.0625. The van der Waals surface area contributed by atoms with E-state index in [1.54, 1.807) is 12.1 Å². The zero-order valence-electron chi connectivity index (χ0n) is 11.8. The van der Waals surface area contributed by atoms with Crippen molar-refractivity contribution < 1.29 is 9.13 Å². The fourth-order valence-electron chi connectivity index (χ4n) is 2.07. The molecule has 0 radical (unpaired) electrons. The lowest BCUT2D eigenvalue weighted by Gasteiger charge is -2.08. The van der Waals surface area contributed by atoms with Gasteiger partial charge in [-0.15, -0.1) is 5.10 Å². The van der Waals surface area contributed by atoms with Gasteiger partial charge in [-0.1, -0.05) is 34.1 Å². The van der Waals surface area contributed by atoms with Gasteiger partial charge in [-0.05, 0) is 29.8 Å². The number of nitrogens with zero attached hydrogens (tertiary/aromatic N) is 3. The van der Waals surface area contributed by atoms with Crippen LogP contribution in [0.25, 0.3) is 11.3 Å². The number of nitriles is 1. The van der Waals surface area contributed by atoms with Crippen LogP contribution in [0.2, 0.25) is 0 Å². The predicted molar refractivity (Wildman–Crippen MR) is 85.0 cm³/mol. The van der Waals surface area contributed by atoms with Gasteiger partial charge >= 0.3 is 0 Å². The van der Waals surface area contributed by atoms with E-state index in [9.17, 15) is 4.39 Å². The summed E-state index contributed by atoms with van der Waals surface area (Å²) >= 11 is 3.20. The number of aromatic nitrogens is 3. The number of aromatic amines is 1. The van der Waals surface area contributed by atoms with Gasteiger partial charge in [0.2, 0.25) is 0 Å². The van der Waals surface area contributed by atoms with Crippen LogP contribution in [0.5, 0.6) is 5.75 Å². The minimum atomic E-state index is -0.432. The van der Waals surface area contributed by atoms with Crippen molar-refractivity contribution in [3.8, 4) is 23.1 Å². The minimum Gasteiger partial charge on any atom is -0.486 e. The minimum absolute atomic E-state index is 0.178. The molecule has 0 saturated carbocycles. The molecular formula is C16H10BrFN4O. The molecular weight excluding hydrogens is 363 g/mol. The van der Waals surface area contributed by atoms with E-state index in [2.05, 4.69) is 31.3 Å². The normalized spacial score (nSPS) is 10.3. The first-order valence-electron chi connectivity index (χ1n) is 6.65. The molecule has 3 rings (SSSR count). The molecule has 23 heavy (non-hydrogen) atoms. The molecule has 114 valence electrons. The van der Waals surface area contributed by atoms with Crippen LogP contribution in [0, 0.1) is 17.1 Å². The molecule has 0 unspecified atom stereocenters. The lowest BCUT2D eigenvalue weighted by atomic mass is 10.1. The smallest absolute Gasteiger partial charge is 0.190 e. The van der Waals surface area contributed by atoms with E-state index >= 15 is 0 Å². The molecule has 0 aliphatic carbocycles. The molecule has 3 aromatic rings. The first kappa shape index (κ1) is 15.2. The van der Waals surface area contributed by atoms with E-state index in [1.165, 1.54) is 6.07 Å². The van der Waals surface area contributed by atoms with Crippen molar-refractivity contribution in [1.29, 1.82) is 5.26 Å². The summed E-state index contributed by atoms with van der Waals surface area (Å²) in [5.41, 5.74) is 2.27. The van der Waals surface area contributed by atoms with Crippen LogP contribution in [0.15, 0.2) is 46.9 Å². The van der Waals surface area contributed by atoms with E-state index in [0.717, 1.165) is 11.1 Å². The van der Waals surface area contributed by atoms with Gasteiger partial charge in [0.25, 0.3) is 0 Å². The lowest BCUT2D eigenvalue weighted by Crippen LogP contribution is -1.98. The highest BCUT2D eigenvalue weighted by molar-refractivity contribution is 9.10. The summed E-state index contributed by atoms with van der Waals surface area (Å²) < 4.78 is 19.9. The van der Waals surface area contributed by atoms with Crippen molar-refractivity contribution in [1.82, 2.24) is 15.4 Å². The highest BCUT2D eigenvalue weighted by Gasteiger charge is 2.10. The van der Waals surface area contributed by atoms with Crippen molar-refractivity contribution in [2.24, 2.45) is 0 Å². The topological polar surface area (TPSA) is 74.6 Å². The monoisotopic (exact) mass is 372 g/mol. The van der Waals surface area contributed by atoms with E-state index in [1.807, 2.05) is 30.3 Å². The largest absolute Gasteiger partial charge is 0.486 e. The summed E-state index contributed by atoms with van der Waals surface area (Å²) in [5.74, 6) is -0.253. The predicted octanol–water partition coefficient (Wildman–Crippen LogP) is 3.82. The Kier molecular flexibility index (Phi) is 4.35. The number of ether oxygens (including phenoxy) is 1. The molecule has 5 nitrogen and oxygen atoms in total. The number of hydrogen-bond acceptors (Lipinski definition) is 4. The third-order valence-electron chi connectivity index (χ3n) is 3.14. The van der Waals surface area contributed by atoms with Crippen LogP contribution < -0.4 is 4.74 Å². The Balaban J connectivity index is 1.79. The average molecular weight is 373 g/mol. The summed E-state index contributed by atoms with van der Waals surface area (Å²) in [7, 11) is 0. The molecule has 2 aromatic carbocycles. The average Bonchev–Trinajstić information content (AvgIpc) is 3.03. The van der Waals surface area contributed by atoms with Gasteiger partial charge in [-0.2, -0.15) is 15.6 Å². The Morgan fingerprint density at radius 1 is 1.22 bits per heavy atom. The lowest BCUT2D eigenvalue weighted by molar-refractivity contribution is 0.290. The first-order valence-corrected chi connectivity index (χ1v) is 7.44. The van der Waals surface area contributed by atoms with E-state index in [-0.39, 0.29) is 18.1 Å². The van der Waals surface area contributed by atoms with Crippen LogP contribution in [0.1, 0.15) is 11.3 Å². The van der Waals surface area contributed by atoms with Crippen LogP contribution in [-0.4, -0.2) is 15.4 Å². The van der Waals surface area contributed by atoms with Crippen LogP contribution in [0.3, 0.4) is 0 Å². The molecule has 1 heterocycles. The van der Waals surface area contributed by atoms with Crippen LogP contribution in [-0.2, 0) is 6.61 Å². The molecule has 0 saturated heterocycles. The number of H-pyrrole nitrogens is 1. The summed E-state index contributed by atoms with van der Waals surface area (Å²) in [4.78, 5) is 0. The Bertz CT molecular complexity index is 888. The molecule has 0 atom stereocenters. The Labute approximate surface area is 139 Å². The van der Waals surface area contributed by atoms with E-state index in [0.29, 0.717) is 10.2 Å².